The van der Waals surface area contributed by atoms with E-state index in [1.54, 1.807) is 0 Å². The van der Waals surface area contributed by atoms with Crippen LogP contribution in [0.4, 0.5) is 0 Å². The summed E-state index contributed by atoms with van der Waals surface area (Å²) in [6, 6.07) is 6.86. The molecule has 2 rings (SSSR count). The van der Waals surface area contributed by atoms with Crippen LogP contribution in [0.1, 0.15) is 56.3 Å². The third kappa shape index (κ3) is 3.91. The molecule has 0 amide bonds. The van der Waals surface area contributed by atoms with E-state index in [1.807, 2.05) is 11.6 Å². The lowest BCUT2D eigenvalue weighted by Crippen LogP contribution is -2.22. The average Bonchev–Trinajstić information content (AvgIpc) is 2.75. The Labute approximate surface area is 127 Å². The Balaban J connectivity index is 2.42. The molecule has 21 heavy (non-hydrogen) atoms. The van der Waals surface area contributed by atoms with Gasteiger partial charge in [0.05, 0.1) is 5.69 Å². The third-order valence-electron chi connectivity index (χ3n) is 3.42. The zero-order chi connectivity index (χ0) is 15.6. The lowest BCUT2D eigenvalue weighted by Gasteiger charge is -2.14. The number of nitrogens with one attached hydrogen (secondary N) is 1. The fourth-order valence-electron chi connectivity index (χ4n) is 2.28. The first-order valence-corrected chi connectivity index (χ1v) is 7.64. The van der Waals surface area contributed by atoms with Crippen LogP contribution < -0.4 is 5.32 Å². The summed E-state index contributed by atoms with van der Waals surface area (Å²) < 4.78 is 1.93. The van der Waals surface area contributed by atoms with Gasteiger partial charge in [0.25, 0.3) is 0 Å². The van der Waals surface area contributed by atoms with Gasteiger partial charge in [-0.3, -0.25) is 0 Å². The molecular weight excluding hydrogens is 260 g/mol. The first-order valence-electron chi connectivity index (χ1n) is 7.64. The van der Waals surface area contributed by atoms with Gasteiger partial charge in [-0.2, -0.15) is 5.10 Å². The first-order chi connectivity index (χ1) is 9.86. The topological polar surface area (TPSA) is 42.7 Å². The van der Waals surface area contributed by atoms with Gasteiger partial charge in [0.1, 0.15) is 0 Å². The van der Waals surface area contributed by atoms with Gasteiger partial charge in [-0.1, -0.05) is 27.7 Å². The molecule has 0 fully saturated rings. The van der Waals surface area contributed by atoms with Crippen LogP contribution in [0.15, 0.2) is 18.2 Å². The molecule has 0 radical (unpaired) electrons. The van der Waals surface area contributed by atoms with Crippen LogP contribution in [-0.4, -0.2) is 20.8 Å². The normalized spacial score (nSPS) is 11.6. The van der Waals surface area contributed by atoms with Crippen molar-refractivity contribution >= 4 is 0 Å². The third-order valence-corrected chi connectivity index (χ3v) is 3.42. The van der Waals surface area contributed by atoms with E-state index in [9.17, 15) is 0 Å². The van der Waals surface area contributed by atoms with Crippen molar-refractivity contribution < 1.29 is 0 Å². The molecule has 114 valence electrons. The molecule has 0 saturated heterocycles. The standard InChI is InChI=1S/C17H26N4/c1-11(2)16-8-15(10-18-12(3)4)9-17(19-16)21-14(6)7-13(5)20-21/h7-9,11-12,18H,10H2,1-6H3. The SMILES string of the molecule is Cc1cc(C)n(-c2cc(CNC(C)C)cc(C(C)C)n2)n1. The summed E-state index contributed by atoms with van der Waals surface area (Å²) in [6.07, 6.45) is 0. The zero-order valence-electron chi connectivity index (χ0n) is 13.9. The number of hydrogen-bond acceptors (Lipinski definition) is 3. The molecule has 0 aromatic carbocycles. The molecule has 1 N–H and O–H groups in total. The lowest BCUT2D eigenvalue weighted by atomic mass is 10.1. The Morgan fingerprint density at radius 3 is 2.33 bits per heavy atom. The zero-order valence-corrected chi connectivity index (χ0v) is 13.9. The van der Waals surface area contributed by atoms with Crippen LogP contribution in [0.25, 0.3) is 5.82 Å². The second-order valence-electron chi connectivity index (χ2n) is 6.29. The van der Waals surface area contributed by atoms with Crippen LogP contribution in [0.2, 0.25) is 0 Å². The van der Waals surface area contributed by atoms with Crippen molar-refractivity contribution in [3.8, 4) is 5.82 Å². The summed E-state index contributed by atoms with van der Waals surface area (Å²) in [5, 5.41) is 8.02. The van der Waals surface area contributed by atoms with Gasteiger partial charge in [0, 0.05) is 24.0 Å². The van der Waals surface area contributed by atoms with E-state index in [0.717, 1.165) is 29.4 Å². The van der Waals surface area contributed by atoms with Crippen molar-refractivity contribution in [2.75, 3.05) is 0 Å². The van der Waals surface area contributed by atoms with Gasteiger partial charge >= 0.3 is 0 Å². The Hall–Kier alpha value is -1.68. The van der Waals surface area contributed by atoms with E-state index >= 15 is 0 Å². The van der Waals surface area contributed by atoms with E-state index in [4.69, 9.17) is 4.98 Å². The lowest BCUT2D eigenvalue weighted by molar-refractivity contribution is 0.587. The molecule has 0 saturated carbocycles. The summed E-state index contributed by atoms with van der Waals surface area (Å²) in [7, 11) is 0. The molecule has 4 nitrogen and oxygen atoms in total. The summed E-state index contributed by atoms with van der Waals surface area (Å²) in [6.45, 7) is 13.6. The van der Waals surface area contributed by atoms with Crippen molar-refractivity contribution in [2.45, 2.75) is 60.0 Å². The monoisotopic (exact) mass is 286 g/mol. The van der Waals surface area contributed by atoms with Crippen LogP contribution >= 0.6 is 0 Å². The van der Waals surface area contributed by atoms with E-state index in [0.29, 0.717) is 12.0 Å². The predicted octanol–water partition coefficient (Wildman–Crippen LogP) is 3.51. The van der Waals surface area contributed by atoms with Crippen LogP contribution in [0, 0.1) is 13.8 Å². The van der Waals surface area contributed by atoms with Crippen LogP contribution in [0.5, 0.6) is 0 Å². The highest BCUT2D eigenvalue weighted by Gasteiger charge is 2.11. The Morgan fingerprint density at radius 2 is 1.81 bits per heavy atom. The quantitative estimate of drug-likeness (QED) is 0.914. The molecule has 0 bridgehead atoms. The minimum Gasteiger partial charge on any atom is -0.310 e. The molecule has 0 aliphatic rings. The van der Waals surface area contributed by atoms with E-state index in [-0.39, 0.29) is 0 Å². The largest absolute Gasteiger partial charge is 0.310 e. The van der Waals surface area contributed by atoms with Crippen LogP contribution in [-0.2, 0) is 6.54 Å². The maximum absolute atomic E-state index is 4.78. The van der Waals surface area contributed by atoms with E-state index in [1.165, 1.54) is 5.56 Å². The van der Waals surface area contributed by atoms with Gasteiger partial charge in [-0.05, 0) is 43.5 Å². The molecule has 2 heterocycles. The van der Waals surface area contributed by atoms with Gasteiger partial charge in [-0.15, -0.1) is 0 Å². The molecule has 0 atom stereocenters. The molecule has 2 aromatic heterocycles. The van der Waals surface area contributed by atoms with Crippen molar-refractivity contribution in [1.29, 1.82) is 0 Å². The Kier molecular flexibility index (Phi) is 4.78. The molecule has 0 aliphatic carbocycles. The van der Waals surface area contributed by atoms with Crippen molar-refractivity contribution in [3.63, 3.8) is 0 Å². The first kappa shape index (κ1) is 15.7. The van der Waals surface area contributed by atoms with Gasteiger partial charge < -0.3 is 5.32 Å². The van der Waals surface area contributed by atoms with Gasteiger partial charge in [0.2, 0.25) is 0 Å². The maximum Gasteiger partial charge on any atom is 0.154 e. The Bertz CT molecular complexity index is 611. The number of pyridine rings is 1. The summed E-state index contributed by atoms with van der Waals surface area (Å²) in [5.41, 5.74) is 4.50. The average molecular weight is 286 g/mol. The highest BCUT2D eigenvalue weighted by molar-refractivity contribution is 5.33. The fourth-order valence-corrected chi connectivity index (χ4v) is 2.28. The van der Waals surface area contributed by atoms with Crippen molar-refractivity contribution in [1.82, 2.24) is 20.1 Å². The summed E-state index contributed by atoms with van der Waals surface area (Å²) in [4.78, 5) is 4.78. The van der Waals surface area contributed by atoms with Gasteiger partial charge in [-0.25, -0.2) is 9.67 Å². The highest BCUT2D eigenvalue weighted by atomic mass is 15.3. The molecule has 4 heteroatoms. The fraction of sp³-hybridized carbons (Fsp3) is 0.529. The van der Waals surface area contributed by atoms with E-state index in [2.05, 4.69) is 63.2 Å². The molecule has 0 unspecified atom stereocenters. The van der Waals surface area contributed by atoms with Crippen molar-refractivity contribution in [2.24, 2.45) is 0 Å². The van der Waals surface area contributed by atoms with E-state index < -0.39 is 0 Å². The minimum atomic E-state index is 0.403. The number of nitrogens with zero attached hydrogens (tertiary/aromatic N) is 3. The Morgan fingerprint density at radius 1 is 1.10 bits per heavy atom. The molecular formula is C17H26N4. The van der Waals surface area contributed by atoms with Crippen LogP contribution in [0.3, 0.4) is 0 Å². The predicted molar refractivity (Wildman–Crippen MR) is 86.9 cm³/mol. The van der Waals surface area contributed by atoms with Gasteiger partial charge in [0.15, 0.2) is 5.82 Å². The number of aromatic nitrogens is 3. The number of hydrogen-bond donors (Lipinski definition) is 1. The molecule has 0 aliphatic heterocycles. The minimum absolute atomic E-state index is 0.403. The molecule has 2 aromatic rings. The molecule has 0 spiro atoms. The second-order valence-corrected chi connectivity index (χ2v) is 6.29. The summed E-state index contributed by atoms with van der Waals surface area (Å²) >= 11 is 0. The summed E-state index contributed by atoms with van der Waals surface area (Å²) in [5.74, 6) is 1.31. The second kappa shape index (κ2) is 6.39. The van der Waals surface area contributed by atoms with Crippen molar-refractivity contribution in [3.05, 3.63) is 40.8 Å². The maximum atomic E-state index is 4.78. The number of aryl methyl sites for hydroxylation is 2. The smallest absolute Gasteiger partial charge is 0.154 e. The number of rotatable bonds is 5. The highest BCUT2D eigenvalue weighted by Crippen LogP contribution is 2.18.